The maximum absolute atomic E-state index is 15.3. The molecule has 0 unspecified atom stereocenters. The maximum Gasteiger partial charge on any atom is 0.228 e. The molecule has 1 aliphatic rings. The zero-order chi connectivity index (χ0) is 28.1. The number of nitrogens with one attached hydrogen (secondary N) is 3. The van der Waals surface area contributed by atoms with Crippen LogP contribution in [-0.2, 0) is 15.7 Å². The topological polar surface area (TPSA) is 135 Å². The molecule has 0 aliphatic carbocycles. The molecule has 2 atom stereocenters. The van der Waals surface area contributed by atoms with Crippen molar-refractivity contribution in [3.8, 4) is 22.9 Å². The first-order valence-electron chi connectivity index (χ1n) is 12.3. The number of thiol groups is 1. The van der Waals surface area contributed by atoms with Gasteiger partial charge in [0.25, 0.3) is 0 Å². The molecule has 0 radical (unpaired) electrons. The lowest BCUT2D eigenvalue weighted by atomic mass is 9.99. The number of halogens is 2. The molecule has 1 aliphatic heterocycles. The Morgan fingerprint density at radius 1 is 0.975 bits per heavy atom. The van der Waals surface area contributed by atoms with Gasteiger partial charge in [-0.2, -0.15) is 4.39 Å². The minimum Gasteiger partial charge on any atom is -0.435 e. The predicted molar refractivity (Wildman–Crippen MR) is 143 cm³/mol. The molecule has 206 valence electrons. The van der Waals surface area contributed by atoms with Gasteiger partial charge in [-0.15, -0.1) is 0 Å². The monoisotopic (exact) mass is 566 g/mol. The number of ether oxygens (including phenoxy) is 1. The molecule has 10 nitrogen and oxygen atoms in total. The highest BCUT2D eigenvalue weighted by atomic mass is 32.2. The van der Waals surface area contributed by atoms with Crippen LogP contribution in [0.15, 0.2) is 73.1 Å². The number of carbonyl (C=O) groups excluding carboxylic acids is 1. The van der Waals surface area contributed by atoms with E-state index in [-0.39, 0.29) is 23.4 Å². The van der Waals surface area contributed by atoms with Gasteiger partial charge in [-0.25, -0.2) is 32.5 Å². The van der Waals surface area contributed by atoms with Crippen LogP contribution >= 0.6 is 0 Å². The average molecular weight is 567 g/mol. The van der Waals surface area contributed by atoms with Gasteiger partial charge in [-0.1, -0.05) is 36.4 Å². The van der Waals surface area contributed by atoms with E-state index >= 15 is 8.78 Å². The molecule has 0 saturated carbocycles. The lowest BCUT2D eigenvalue weighted by molar-refractivity contribution is -0.122. The third kappa shape index (κ3) is 6.21. The summed E-state index contributed by atoms with van der Waals surface area (Å²) < 4.78 is 61.4. The molecule has 40 heavy (non-hydrogen) atoms. The molecule has 2 aromatic heterocycles. The second kappa shape index (κ2) is 12.1. The quantitative estimate of drug-likeness (QED) is 0.226. The fraction of sp³-hybridized carbons (Fsp3) is 0.185. The summed E-state index contributed by atoms with van der Waals surface area (Å²) in [5, 5.41) is 5.97. The number of nitrogens with zero attached hydrogens (tertiary/aromatic N) is 3. The number of anilines is 1. The molecular formula is C27H24F2N6O4S. The lowest BCUT2D eigenvalue weighted by Gasteiger charge is -2.23. The highest BCUT2D eigenvalue weighted by molar-refractivity contribution is 7.70. The van der Waals surface area contributed by atoms with Crippen LogP contribution in [0.1, 0.15) is 30.0 Å². The van der Waals surface area contributed by atoms with Crippen molar-refractivity contribution in [3.63, 3.8) is 0 Å². The number of piperidine rings is 1. The van der Waals surface area contributed by atoms with Crippen molar-refractivity contribution in [1.29, 1.82) is 0 Å². The Morgan fingerprint density at radius 3 is 2.55 bits per heavy atom. The number of rotatable bonds is 9. The van der Waals surface area contributed by atoms with Gasteiger partial charge in [-0.3, -0.25) is 4.79 Å². The Morgan fingerprint density at radius 2 is 1.80 bits per heavy atom. The van der Waals surface area contributed by atoms with Gasteiger partial charge in [0.2, 0.25) is 34.4 Å². The standard InChI is InChI=1S/C27H24F2N6O4S/c28-23-19(25(35-40(37)38)16-5-2-1-3-6-16)9-10-21(24(23)29)39-26-18(7-4-13-30-26)20-12-14-31-27(34-20)33-17-8-11-22(36)32-15-17/h1-7,9-10,12-14,17,25,40H,8,11,15H2,(H,32,36)(H,31,33,34)(H,35,37,38)/t17-,25-/m0/s1. The van der Waals surface area contributed by atoms with Crippen LogP contribution in [0.25, 0.3) is 11.3 Å². The van der Waals surface area contributed by atoms with Crippen molar-refractivity contribution in [3.05, 3.63) is 95.8 Å². The Hall–Kier alpha value is -4.49. The van der Waals surface area contributed by atoms with Gasteiger partial charge in [0, 0.05) is 37.0 Å². The number of benzene rings is 2. The molecule has 2 aromatic carbocycles. The van der Waals surface area contributed by atoms with Crippen LogP contribution in [0, 0.1) is 11.6 Å². The van der Waals surface area contributed by atoms with Crippen molar-refractivity contribution in [2.75, 3.05) is 11.9 Å². The average Bonchev–Trinajstić information content (AvgIpc) is 2.97. The first-order chi connectivity index (χ1) is 19.4. The van der Waals surface area contributed by atoms with Crippen LogP contribution in [-0.4, -0.2) is 41.9 Å². The molecule has 1 saturated heterocycles. The number of pyridine rings is 1. The van der Waals surface area contributed by atoms with Gasteiger partial charge in [0.15, 0.2) is 11.6 Å². The van der Waals surface area contributed by atoms with E-state index in [1.165, 1.54) is 24.5 Å². The smallest absolute Gasteiger partial charge is 0.228 e. The van der Waals surface area contributed by atoms with E-state index in [0.29, 0.717) is 42.2 Å². The second-order valence-corrected chi connectivity index (χ2v) is 9.69. The summed E-state index contributed by atoms with van der Waals surface area (Å²) in [7, 11) is -3.11. The van der Waals surface area contributed by atoms with Crippen molar-refractivity contribution in [1.82, 2.24) is 25.0 Å². The number of aromatic nitrogens is 3. The van der Waals surface area contributed by atoms with E-state index < -0.39 is 34.3 Å². The highest BCUT2D eigenvalue weighted by Crippen LogP contribution is 2.35. The molecule has 1 amide bonds. The molecule has 4 aromatic rings. The zero-order valence-electron chi connectivity index (χ0n) is 20.9. The molecule has 1 fully saturated rings. The van der Waals surface area contributed by atoms with Gasteiger partial charge < -0.3 is 15.4 Å². The summed E-state index contributed by atoms with van der Waals surface area (Å²) in [6.45, 7) is 0.445. The van der Waals surface area contributed by atoms with E-state index in [4.69, 9.17) is 4.74 Å². The first kappa shape index (κ1) is 27.1. The third-order valence-corrected chi connectivity index (χ3v) is 6.73. The lowest BCUT2D eigenvalue weighted by Crippen LogP contribution is -2.42. The van der Waals surface area contributed by atoms with E-state index in [2.05, 4.69) is 30.3 Å². The number of hydrogen-bond donors (Lipinski definition) is 4. The van der Waals surface area contributed by atoms with Crippen molar-refractivity contribution < 1.29 is 26.7 Å². The first-order valence-corrected chi connectivity index (χ1v) is 13.5. The summed E-state index contributed by atoms with van der Waals surface area (Å²) in [6.07, 6.45) is 4.01. The van der Waals surface area contributed by atoms with Gasteiger partial charge >= 0.3 is 0 Å². The second-order valence-electron chi connectivity index (χ2n) is 8.92. The van der Waals surface area contributed by atoms with Gasteiger partial charge in [0.05, 0.1) is 17.3 Å². The number of amides is 1. The minimum absolute atomic E-state index is 0.00529. The fourth-order valence-electron chi connectivity index (χ4n) is 4.31. The number of hydrogen-bond acceptors (Lipinski definition) is 8. The summed E-state index contributed by atoms with van der Waals surface area (Å²) >= 11 is 0. The molecule has 5 rings (SSSR count). The maximum atomic E-state index is 15.3. The number of carbonyl (C=O) groups is 1. The Bertz CT molecular complexity index is 1590. The Balaban J connectivity index is 1.42. The largest absolute Gasteiger partial charge is 0.435 e. The molecular weight excluding hydrogens is 542 g/mol. The van der Waals surface area contributed by atoms with Crippen LogP contribution < -0.4 is 20.1 Å². The van der Waals surface area contributed by atoms with E-state index in [0.717, 1.165) is 0 Å². The van der Waals surface area contributed by atoms with Crippen molar-refractivity contribution in [2.45, 2.75) is 24.9 Å². The summed E-state index contributed by atoms with van der Waals surface area (Å²) in [4.78, 5) is 24.4. The van der Waals surface area contributed by atoms with E-state index in [9.17, 15) is 13.2 Å². The Labute approximate surface area is 229 Å². The van der Waals surface area contributed by atoms with Crippen LogP contribution in [0.2, 0.25) is 0 Å². The third-order valence-electron chi connectivity index (χ3n) is 6.26. The van der Waals surface area contributed by atoms with Crippen LogP contribution in [0.5, 0.6) is 11.6 Å². The summed E-state index contributed by atoms with van der Waals surface area (Å²) in [6, 6.07) is 14.5. The van der Waals surface area contributed by atoms with E-state index in [1.54, 1.807) is 48.5 Å². The normalized spacial score (nSPS) is 15.9. The van der Waals surface area contributed by atoms with Crippen LogP contribution in [0.4, 0.5) is 14.7 Å². The summed E-state index contributed by atoms with van der Waals surface area (Å²) in [5.41, 5.74) is 1.05. The predicted octanol–water partition coefficient (Wildman–Crippen LogP) is 3.51. The SMILES string of the molecule is O=C1CC[C@H](Nc2nccc(-c3cccnc3Oc3ccc([C@@H](N[SH](=O)=O)c4ccccc4)c(F)c3F)n2)CN1. The van der Waals surface area contributed by atoms with Gasteiger partial charge in [0.1, 0.15) is 0 Å². The highest BCUT2D eigenvalue weighted by Gasteiger charge is 2.25. The summed E-state index contributed by atoms with van der Waals surface area (Å²) in [5.74, 6) is -2.71. The van der Waals surface area contributed by atoms with Crippen molar-refractivity contribution in [2.24, 2.45) is 0 Å². The molecule has 3 N–H and O–H groups in total. The Kier molecular flexibility index (Phi) is 8.22. The van der Waals surface area contributed by atoms with Gasteiger partial charge in [-0.05, 0) is 36.2 Å². The minimum atomic E-state index is -3.11. The molecule has 0 bridgehead atoms. The molecule has 3 heterocycles. The van der Waals surface area contributed by atoms with Crippen molar-refractivity contribution >= 4 is 22.7 Å². The molecule has 13 heteroatoms. The van der Waals surface area contributed by atoms with Crippen LogP contribution in [0.3, 0.4) is 0 Å². The zero-order valence-corrected chi connectivity index (χ0v) is 21.8. The molecule has 0 spiro atoms. The fourth-order valence-corrected chi connectivity index (χ4v) is 4.81. The van der Waals surface area contributed by atoms with E-state index in [1.807, 2.05) is 0 Å².